The topological polar surface area (TPSA) is 98.3 Å². The highest BCUT2D eigenvalue weighted by Gasteiger charge is 2.14. The molecule has 0 unspecified atom stereocenters. The normalized spacial score (nSPS) is 10.2. The van der Waals surface area contributed by atoms with Crippen LogP contribution in [-0.4, -0.2) is 17.8 Å². The molecule has 26 heavy (non-hydrogen) atoms. The molecule has 0 spiro atoms. The van der Waals surface area contributed by atoms with Crippen LogP contribution in [0.15, 0.2) is 42.5 Å². The Morgan fingerprint density at radius 2 is 1.65 bits per heavy atom. The minimum atomic E-state index is -1.20. The molecule has 0 bridgehead atoms. The van der Waals surface area contributed by atoms with Crippen molar-refractivity contribution in [2.24, 2.45) is 0 Å². The molecule has 0 aromatic heterocycles. The van der Waals surface area contributed by atoms with E-state index in [0.717, 1.165) is 5.56 Å². The van der Waals surface area contributed by atoms with Gasteiger partial charge in [-0.2, -0.15) is 0 Å². The third-order valence-electron chi connectivity index (χ3n) is 3.75. The molecule has 0 aliphatic carbocycles. The summed E-state index contributed by atoms with van der Waals surface area (Å²) in [6, 6.07) is 11.8. The summed E-state index contributed by atoms with van der Waals surface area (Å²) in [5, 5.41) is 16.4. The van der Waals surface area contributed by atoms with E-state index in [1.54, 1.807) is 49.4 Å². The molecule has 0 atom stereocenters. The van der Waals surface area contributed by atoms with Gasteiger partial charge in [-0.1, -0.05) is 29.8 Å². The molecule has 2 aromatic carbocycles. The summed E-state index contributed by atoms with van der Waals surface area (Å²) in [5.41, 5.74) is 1.96. The molecular weight excluding hydrogens is 356 g/mol. The Bertz CT molecular complexity index is 836. The molecule has 0 radical (unpaired) electrons. The number of amides is 2. The van der Waals surface area contributed by atoms with Gasteiger partial charge in [0.05, 0.1) is 11.3 Å². The van der Waals surface area contributed by atoms with E-state index in [-0.39, 0.29) is 31.1 Å². The number of carbonyl (C=O) groups is 3. The zero-order valence-corrected chi connectivity index (χ0v) is 14.9. The molecule has 0 saturated carbocycles. The Hall–Kier alpha value is -2.86. The lowest BCUT2D eigenvalue weighted by atomic mass is 10.1. The summed E-state index contributed by atoms with van der Waals surface area (Å²) < 4.78 is 0. The second kappa shape index (κ2) is 9.01. The molecule has 2 rings (SSSR count). The molecule has 0 saturated heterocycles. The molecule has 0 aliphatic rings. The number of para-hydroxylation sites is 1. The fourth-order valence-corrected chi connectivity index (χ4v) is 2.50. The van der Waals surface area contributed by atoms with E-state index in [0.29, 0.717) is 22.0 Å². The predicted octanol–water partition coefficient (Wildman–Crippen LogP) is 2.76. The number of carboxylic acids is 1. The van der Waals surface area contributed by atoms with Crippen molar-refractivity contribution >= 4 is 40.8 Å². The first kappa shape index (κ1) is 19.5. The van der Waals surface area contributed by atoms with Crippen LogP contribution in [-0.2, 0) is 9.59 Å². The van der Waals surface area contributed by atoms with Gasteiger partial charge in [0.1, 0.15) is 0 Å². The van der Waals surface area contributed by atoms with Gasteiger partial charge in [0.15, 0.2) is 0 Å². The lowest BCUT2D eigenvalue weighted by Gasteiger charge is -2.13. The van der Waals surface area contributed by atoms with Crippen LogP contribution in [0.1, 0.15) is 35.2 Å². The molecule has 0 aliphatic heterocycles. The Kier molecular flexibility index (Phi) is 6.74. The van der Waals surface area contributed by atoms with Gasteiger partial charge in [0.2, 0.25) is 5.91 Å². The summed E-state index contributed by atoms with van der Waals surface area (Å²) in [7, 11) is 0. The number of carbonyl (C=O) groups excluding carboxylic acids is 3. The highest BCUT2D eigenvalue weighted by Crippen LogP contribution is 2.24. The average molecular weight is 374 g/mol. The highest BCUT2D eigenvalue weighted by molar-refractivity contribution is 6.31. The molecule has 136 valence electrons. The zero-order chi connectivity index (χ0) is 19.1. The van der Waals surface area contributed by atoms with Crippen LogP contribution in [0.4, 0.5) is 11.4 Å². The van der Waals surface area contributed by atoms with Gasteiger partial charge < -0.3 is 20.5 Å². The Labute approximate surface area is 156 Å². The number of anilines is 2. The Balaban J connectivity index is 2.10. The van der Waals surface area contributed by atoms with Gasteiger partial charge in [-0.05, 0) is 49.6 Å². The predicted molar refractivity (Wildman–Crippen MR) is 98.1 cm³/mol. The van der Waals surface area contributed by atoms with Crippen LogP contribution in [0, 0.1) is 6.92 Å². The van der Waals surface area contributed by atoms with Crippen LogP contribution in [0.2, 0.25) is 5.02 Å². The Morgan fingerprint density at radius 3 is 2.38 bits per heavy atom. The maximum atomic E-state index is 12.6. The number of carboxylic acid groups (broad SMARTS) is 1. The second-order valence-corrected chi connectivity index (χ2v) is 6.09. The van der Waals surface area contributed by atoms with E-state index in [2.05, 4.69) is 10.6 Å². The lowest BCUT2D eigenvalue weighted by Crippen LogP contribution is -2.22. The Morgan fingerprint density at radius 1 is 0.962 bits per heavy atom. The van der Waals surface area contributed by atoms with Crippen molar-refractivity contribution in [1.82, 2.24) is 0 Å². The summed E-state index contributed by atoms with van der Waals surface area (Å²) in [6.45, 7) is 1.79. The quantitative estimate of drug-likeness (QED) is 0.779. The van der Waals surface area contributed by atoms with Gasteiger partial charge >= 0.3 is 0 Å². The summed E-state index contributed by atoms with van der Waals surface area (Å²) >= 11 is 6.06. The minimum absolute atomic E-state index is 0.0251. The lowest BCUT2D eigenvalue weighted by molar-refractivity contribution is -0.305. The molecule has 0 heterocycles. The van der Waals surface area contributed by atoms with Crippen LogP contribution in [0.3, 0.4) is 0 Å². The summed E-state index contributed by atoms with van der Waals surface area (Å²) in [4.78, 5) is 34.9. The molecule has 2 N–H and O–H groups in total. The maximum Gasteiger partial charge on any atom is 0.257 e. The van der Waals surface area contributed by atoms with Crippen LogP contribution >= 0.6 is 11.6 Å². The van der Waals surface area contributed by atoms with Crippen molar-refractivity contribution in [3.8, 4) is 0 Å². The first-order valence-electron chi connectivity index (χ1n) is 8.03. The zero-order valence-electron chi connectivity index (χ0n) is 14.2. The van der Waals surface area contributed by atoms with Gasteiger partial charge in [0.25, 0.3) is 5.91 Å². The number of aliphatic carboxylic acids is 1. The number of benzene rings is 2. The minimum Gasteiger partial charge on any atom is -0.550 e. The second-order valence-electron chi connectivity index (χ2n) is 5.69. The van der Waals surface area contributed by atoms with Crippen molar-refractivity contribution < 1.29 is 19.5 Å². The molecule has 2 aromatic rings. The molecule has 6 nitrogen and oxygen atoms in total. The third-order valence-corrected chi connectivity index (χ3v) is 4.16. The number of hydrogen-bond acceptors (Lipinski definition) is 4. The fourth-order valence-electron chi connectivity index (χ4n) is 2.33. The first-order valence-corrected chi connectivity index (χ1v) is 8.41. The number of rotatable bonds is 7. The maximum absolute atomic E-state index is 12.6. The van der Waals surface area contributed by atoms with Crippen LogP contribution in [0.25, 0.3) is 0 Å². The summed E-state index contributed by atoms with van der Waals surface area (Å²) in [6.07, 6.45) is 0.00513. The molecule has 2 amide bonds. The summed E-state index contributed by atoms with van der Waals surface area (Å²) in [5.74, 6) is -1.96. The number of nitrogens with one attached hydrogen (secondary N) is 2. The largest absolute Gasteiger partial charge is 0.550 e. The SMILES string of the molecule is Cc1c(Cl)cccc1NC(=O)c1ccccc1NC(=O)CCCC(=O)[O-]. The third kappa shape index (κ3) is 5.32. The van der Waals surface area contributed by atoms with Crippen molar-refractivity contribution in [3.63, 3.8) is 0 Å². The first-order chi connectivity index (χ1) is 12.4. The van der Waals surface area contributed by atoms with Crippen molar-refractivity contribution in [2.75, 3.05) is 10.6 Å². The standard InChI is InChI=1S/C19H19ClN2O4/c1-12-14(20)7-4-9-15(12)22-19(26)13-6-2-3-8-16(13)21-17(23)10-5-11-18(24)25/h2-4,6-9H,5,10-11H2,1H3,(H,21,23)(H,22,26)(H,24,25)/p-1. The van der Waals surface area contributed by atoms with Crippen molar-refractivity contribution in [3.05, 3.63) is 58.6 Å². The smallest absolute Gasteiger partial charge is 0.257 e. The molecule has 7 heteroatoms. The highest BCUT2D eigenvalue weighted by atomic mass is 35.5. The monoisotopic (exact) mass is 373 g/mol. The van der Waals surface area contributed by atoms with E-state index in [1.165, 1.54) is 0 Å². The average Bonchev–Trinajstić information content (AvgIpc) is 2.59. The van der Waals surface area contributed by atoms with Crippen LogP contribution < -0.4 is 15.7 Å². The molecular formula is C19H18ClN2O4-. The van der Waals surface area contributed by atoms with E-state index in [1.807, 2.05) is 0 Å². The van der Waals surface area contributed by atoms with E-state index in [4.69, 9.17) is 11.6 Å². The van der Waals surface area contributed by atoms with Gasteiger partial charge in [-0.15, -0.1) is 0 Å². The van der Waals surface area contributed by atoms with Crippen molar-refractivity contribution in [2.45, 2.75) is 26.2 Å². The van der Waals surface area contributed by atoms with Crippen molar-refractivity contribution in [1.29, 1.82) is 0 Å². The van der Waals surface area contributed by atoms with E-state index in [9.17, 15) is 19.5 Å². The number of hydrogen-bond donors (Lipinski definition) is 2. The van der Waals surface area contributed by atoms with Gasteiger partial charge in [0, 0.05) is 23.1 Å². The van der Waals surface area contributed by atoms with Crippen LogP contribution in [0.5, 0.6) is 0 Å². The van der Waals surface area contributed by atoms with Gasteiger partial charge in [-0.3, -0.25) is 9.59 Å². The van der Waals surface area contributed by atoms with Gasteiger partial charge in [-0.25, -0.2) is 0 Å². The van der Waals surface area contributed by atoms with E-state index < -0.39 is 5.97 Å². The molecule has 0 fully saturated rings. The fraction of sp³-hybridized carbons (Fsp3) is 0.211. The number of halogens is 1. The van der Waals surface area contributed by atoms with E-state index >= 15 is 0 Å².